The number of likely N-dealkylation sites (tertiary alicyclic amines) is 1. The third-order valence-corrected chi connectivity index (χ3v) is 3.41. The zero-order chi connectivity index (χ0) is 14.0. The summed E-state index contributed by atoms with van der Waals surface area (Å²) in [5, 5.41) is 2.44. The van der Waals surface area contributed by atoms with Gasteiger partial charge in [-0.2, -0.15) is 0 Å². The number of carbonyl (C=O) groups excluding carboxylic acids is 1. The molecular formula is C14H18F2N2O. The minimum absolute atomic E-state index is 0.0458. The van der Waals surface area contributed by atoms with Gasteiger partial charge in [0.1, 0.15) is 6.04 Å². The molecule has 1 unspecified atom stereocenters. The van der Waals surface area contributed by atoms with E-state index in [1.165, 1.54) is 0 Å². The molecule has 0 aliphatic carbocycles. The van der Waals surface area contributed by atoms with E-state index in [9.17, 15) is 13.6 Å². The van der Waals surface area contributed by atoms with Crippen LogP contribution < -0.4 is 5.32 Å². The third kappa shape index (κ3) is 3.10. The molecule has 1 atom stereocenters. The molecule has 0 spiro atoms. The first-order valence-corrected chi connectivity index (χ1v) is 6.38. The van der Waals surface area contributed by atoms with E-state index in [0.29, 0.717) is 5.56 Å². The summed E-state index contributed by atoms with van der Waals surface area (Å²) in [6, 6.07) is 7.35. The van der Waals surface area contributed by atoms with Crippen molar-refractivity contribution >= 4 is 5.91 Å². The first kappa shape index (κ1) is 13.9. The Morgan fingerprint density at radius 2 is 2.00 bits per heavy atom. The van der Waals surface area contributed by atoms with Gasteiger partial charge in [0.25, 0.3) is 11.8 Å². The van der Waals surface area contributed by atoms with E-state index in [-0.39, 0.29) is 19.1 Å². The summed E-state index contributed by atoms with van der Waals surface area (Å²) in [6.45, 7) is 3.63. The average molecular weight is 268 g/mol. The Morgan fingerprint density at radius 1 is 1.37 bits per heavy atom. The van der Waals surface area contributed by atoms with Crippen LogP contribution in [0.2, 0.25) is 0 Å². The Morgan fingerprint density at radius 3 is 2.53 bits per heavy atom. The molecule has 1 heterocycles. The number of hydrogen-bond donors (Lipinski definition) is 1. The minimum atomic E-state index is -2.88. The minimum Gasteiger partial charge on any atom is -0.342 e. The molecule has 1 amide bonds. The number of nitrogens with zero attached hydrogens (tertiary/aromatic N) is 1. The van der Waals surface area contributed by atoms with Gasteiger partial charge >= 0.3 is 0 Å². The molecule has 0 bridgehead atoms. The fraction of sp³-hybridized carbons (Fsp3) is 0.500. The number of benzene rings is 1. The summed E-state index contributed by atoms with van der Waals surface area (Å²) >= 11 is 0. The summed E-state index contributed by atoms with van der Waals surface area (Å²) in [6.07, 6.45) is 0. The maximum atomic E-state index is 13.8. The van der Waals surface area contributed by atoms with Crippen molar-refractivity contribution in [3.8, 4) is 0 Å². The molecule has 0 radical (unpaired) electrons. The molecule has 104 valence electrons. The van der Waals surface area contributed by atoms with Gasteiger partial charge in [0.15, 0.2) is 0 Å². The Bertz CT molecular complexity index is 448. The van der Waals surface area contributed by atoms with Crippen molar-refractivity contribution in [3.05, 3.63) is 35.9 Å². The highest BCUT2D eigenvalue weighted by Crippen LogP contribution is 2.29. The van der Waals surface area contributed by atoms with Gasteiger partial charge in [-0.05, 0) is 26.0 Å². The van der Waals surface area contributed by atoms with Gasteiger partial charge in [-0.3, -0.25) is 9.69 Å². The molecule has 3 nitrogen and oxygen atoms in total. The maximum Gasteiger partial charge on any atom is 0.281 e. The molecule has 1 aliphatic rings. The van der Waals surface area contributed by atoms with Gasteiger partial charge in [-0.25, -0.2) is 8.78 Å². The third-order valence-electron chi connectivity index (χ3n) is 3.41. The van der Waals surface area contributed by atoms with Crippen molar-refractivity contribution < 1.29 is 13.6 Å². The second-order valence-corrected chi connectivity index (χ2v) is 5.18. The number of halogens is 2. The zero-order valence-corrected chi connectivity index (χ0v) is 11.1. The van der Waals surface area contributed by atoms with Crippen LogP contribution in [-0.2, 0) is 0 Å². The Balaban J connectivity index is 2.05. The van der Waals surface area contributed by atoms with Gasteiger partial charge in [0, 0.05) is 18.2 Å². The highest BCUT2D eigenvalue weighted by molar-refractivity contribution is 5.94. The molecule has 1 aliphatic heterocycles. The molecular weight excluding hydrogens is 250 g/mol. The van der Waals surface area contributed by atoms with E-state index in [2.05, 4.69) is 5.32 Å². The van der Waals surface area contributed by atoms with Crippen LogP contribution in [0.25, 0.3) is 0 Å². The summed E-state index contributed by atoms with van der Waals surface area (Å²) < 4.78 is 27.7. The monoisotopic (exact) mass is 268 g/mol. The van der Waals surface area contributed by atoms with Crippen molar-refractivity contribution in [2.45, 2.75) is 31.9 Å². The van der Waals surface area contributed by atoms with E-state index in [0.717, 1.165) is 0 Å². The van der Waals surface area contributed by atoms with Crippen molar-refractivity contribution in [1.82, 2.24) is 10.2 Å². The molecule has 2 rings (SSSR count). The van der Waals surface area contributed by atoms with Gasteiger partial charge in [0.2, 0.25) is 0 Å². The quantitative estimate of drug-likeness (QED) is 0.911. The first-order chi connectivity index (χ1) is 8.90. The first-order valence-electron chi connectivity index (χ1n) is 6.38. The number of rotatable bonds is 3. The lowest BCUT2D eigenvalue weighted by Crippen LogP contribution is -2.46. The van der Waals surface area contributed by atoms with Crippen LogP contribution in [0.4, 0.5) is 8.78 Å². The normalized spacial score (nSPS) is 22.7. The lowest BCUT2D eigenvalue weighted by molar-refractivity contribution is -0.0114. The second-order valence-electron chi connectivity index (χ2n) is 5.18. The number of amides is 1. The lowest BCUT2D eigenvalue weighted by Gasteiger charge is -2.19. The molecule has 1 aromatic rings. The van der Waals surface area contributed by atoms with E-state index in [1.807, 2.05) is 13.8 Å². The summed E-state index contributed by atoms with van der Waals surface area (Å²) in [5.74, 6) is -3.33. The van der Waals surface area contributed by atoms with Gasteiger partial charge < -0.3 is 5.32 Å². The Kier molecular flexibility index (Phi) is 3.85. The van der Waals surface area contributed by atoms with Crippen molar-refractivity contribution in [3.63, 3.8) is 0 Å². The topological polar surface area (TPSA) is 32.3 Å². The predicted molar refractivity (Wildman–Crippen MR) is 69.4 cm³/mol. The van der Waals surface area contributed by atoms with E-state index >= 15 is 0 Å². The molecule has 1 aromatic carbocycles. The highest BCUT2D eigenvalue weighted by atomic mass is 19.3. The van der Waals surface area contributed by atoms with Gasteiger partial charge in [-0.15, -0.1) is 0 Å². The average Bonchev–Trinajstić information content (AvgIpc) is 2.66. The summed E-state index contributed by atoms with van der Waals surface area (Å²) in [5.41, 5.74) is 0.404. The van der Waals surface area contributed by atoms with E-state index in [4.69, 9.17) is 0 Å². The van der Waals surface area contributed by atoms with Crippen LogP contribution in [0, 0.1) is 0 Å². The van der Waals surface area contributed by atoms with Crippen LogP contribution >= 0.6 is 0 Å². The molecule has 0 aromatic heterocycles. The van der Waals surface area contributed by atoms with Crippen molar-refractivity contribution in [2.75, 3.05) is 13.1 Å². The molecule has 1 fully saturated rings. The van der Waals surface area contributed by atoms with Gasteiger partial charge in [0.05, 0.1) is 6.54 Å². The maximum absolute atomic E-state index is 13.8. The van der Waals surface area contributed by atoms with Crippen LogP contribution in [-0.4, -0.2) is 41.9 Å². The predicted octanol–water partition coefficient (Wildman–Crippen LogP) is 2.14. The van der Waals surface area contributed by atoms with Crippen molar-refractivity contribution in [1.29, 1.82) is 0 Å². The molecule has 1 N–H and O–H groups in total. The summed E-state index contributed by atoms with van der Waals surface area (Å²) in [7, 11) is 0. The standard InChI is InChI=1S/C14H18F2N2O/c1-10(2)18-8-12(14(15,16)9-18)17-13(19)11-6-4-3-5-7-11/h3-7,10,12H,8-9H2,1-2H3,(H,17,19). The van der Waals surface area contributed by atoms with Crippen LogP contribution in [0.1, 0.15) is 24.2 Å². The van der Waals surface area contributed by atoms with Crippen LogP contribution in [0.5, 0.6) is 0 Å². The molecule has 0 saturated carbocycles. The molecule has 19 heavy (non-hydrogen) atoms. The Labute approximate surface area is 111 Å². The van der Waals surface area contributed by atoms with Gasteiger partial charge in [-0.1, -0.05) is 18.2 Å². The SMILES string of the molecule is CC(C)N1CC(NC(=O)c2ccccc2)C(F)(F)C1. The highest BCUT2D eigenvalue weighted by Gasteiger charge is 2.49. The largest absolute Gasteiger partial charge is 0.342 e. The molecule has 5 heteroatoms. The number of alkyl halides is 2. The second kappa shape index (κ2) is 5.25. The smallest absolute Gasteiger partial charge is 0.281 e. The Hall–Kier alpha value is -1.49. The van der Waals surface area contributed by atoms with E-state index in [1.54, 1.807) is 35.2 Å². The number of nitrogens with one attached hydrogen (secondary N) is 1. The molecule has 1 saturated heterocycles. The number of carbonyl (C=O) groups is 1. The van der Waals surface area contributed by atoms with E-state index < -0.39 is 17.9 Å². The fourth-order valence-electron chi connectivity index (χ4n) is 2.19. The van der Waals surface area contributed by atoms with Crippen molar-refractivity contribution in [2.24, 2.45) is 0 Å². The fourth-order valence-corrected chi connectivity index (χ4v) is 2.19. The summed E-state index contributed by atoms with van der Waals surface area (Å²) in [4.78, 5) is 13.6. The van der Waals surface area contributed by atoms with Crippen LogP contribution in [0.15, 0.2) is 30.3 Å². The number of hydrogen-bond acceptors (Lipinski definition) is 2. The zero-order valence-electron chi connectivity index (χ0n) is 11.1. The van der Waals surface area contributed by atoms with Crippen LogP contribution in [0.3, 0.4) is 0 Å². The lowest BCUT2D eigenvalue weighted by atomic mass is 10.1.